The number of H-pyrrole nitrogens is 1. The molecule has 0 bridgehead atoms. The van der Waals surface area contributed by atoms with Crippen molar-refractivity contribution < 1.29 is 19.1 Å². The van der Waals surface area contributed by atoms with Gasteiger partial charge >= 0.3 is 5.97 Å². The van der Waals surface area contributed by atoms with Crippen molar-refractivity contribution in [1.29, 1.82) is 0 Å². The Balaban J connectivity index is 1.51. The zero-order chi connectivity index (χ0) is 22.8. The van der Waals surface area contributed by atoms with Gasteiger partial charge in [0.1, 0.15) is 0 Å². The first kappa shape index (κ1) is 20.3. The van der Waals surface area contributed by atoms with Crippen molar-refractivity contribution in [3.05, 3.63) is 71.7 Å². The minimum atomic E-state index is -0.720. The highest BCUT2D eigenvalue weighted by Gasteiger charge is 2.27. The number of rotatable bonds is 6. The number of hydrogen-bond donors (Lipinski definition) is 3. The summed E-state index contributed by atoms with van der Waals surface area (Å²) in [5.74, 6) is -0.0688. The average Bonchev–Trinajstić information content (AvgIpc) is 3.54. The van der Waals surface area contributed by atoms with Crippen molar-refractivity contribution in [3.8, 4) is 17.0 Å². The van der Waals surface area contributed by atoms with Gasteiger partial charge in [0, 0.05) is 23.5 Å². The van der Waals surface area contributed by atoms with Crippen LogP contribution in [0.1, 0.15) is 28.6 Å². The molecule has 0 spiro atoms. The lowest BCUT2D eigenvalue weighted by Crippen LogP contribution is -2.06. The molecule has 1 aromatic carbocycles. The molecular formula is C24H19N5O4. The van der Waals surface area contributed by atoms with Gasteiger partial charge in [0.15, 0.2) is 22.9 Å². The SMILES string of the molecule is CCOC(=O)c1c(Nc2ncc(-c3ccccc3)[nH]2)oc(C=C2C=Nc3ncccc32)c1O. The van der Waals surface area contributed by atoms with Crippen molar-refractivity contribution in [2.45, 2.75) is 6.92 Å². The fourth-order valence-corrected chi connectivity index (χ4v) is 3.46. The summed E-state index contributed by atoms with van der Waals surface area (Å²) in [6.07, 6.45) is 6.52. The first-order valence-electron chi connectivity index (χ1n) is 10.3. The Labute approximate surface area is 188 Å². The number of carbonyl (C=O) groups is 1. The van der Waals surface area contributed by atoms with Gasteiger partial charge in [-0.2, -0.15) is 0 Å². The largest absolute Gasteiger partial charge is 0.504 e. The van der Waals surface area contributed by atoms with Gasteiger partial charge in [0.2, 0.25) is 11.8 Å². The first-order valence-corrected chi connectivity index (χ1v) is 10.3. The van der Waals surface area contributed by atoms with Crippen LogP contribution in [0.5, 0.6) is 5.75 Å². The molecule has 164 valence electrons. The topological polar surface area (TPSA) is 126 Å². The molecule has 0 radical (unpaired) electrons. The number of hydrogen-bond acceptors (Lipinski definition) is 8. The number of fused-ring (bicyclic) bond motifs is 1. The highest BCUT2D eigenvalue weighted by Crippen LogP contribution is 2.39. The van der Waals surface area contributed by atoms with Gasteiger partial charge in [-0.1, -0.05) is 30.3 Å². The number of imidazole rings is 1. The second-order valence-electron chi connectivity index (χ2n) is 7.11. The monoisotopic (exact) mass is 441 g/mol. The summed E-state index contributed by atoms with van der Waals surface area (Å²) in [6, 6.07) is 13.3. The molecule has 3 N–H and O–H groups in total. The van der Waals surface area contributed by atoms with Crippen molar-refractivity contribution in [2.24, 2.45) is 4.99 Å². The van der Waals surface area contributed by atoms with Crippen LogP contribution in [-0.4, -0.2) is 38.8 Å². The number of anilines is 2. The van der Waals surface area contributed by atoms with Crippen LogP contribution in [0, 0.1) is 0 Å². The fraction of sp³-hybridized carbons (Fsp3) is 0.0833. The number of esters is 1. The number of aromatic amines is 1. The van der Waals surface area contributed by atoms with Crippen LogP contribution >= 0.6 is 0 Å². The summed E-state index contributed by atoms with van der Waals surface area (Å²) < 4.78 is 10.9. The molecule has 0 saturated carbocycles. The summed E-state index contributed by atoms with van der Waals surface area (Å²) in [7, 11) is 0. The van der Waals surface area contributed by atoms with E-state index in [-0.39, 0.29) is 29.6 Å². The molecule has 0 amide bonds. The molecule has 4 aromatic rings. The third-order valence-corrected chi connectivity index (χ3v) is 4.99. The number of aliphatic imine (C=N–C) groups is 1. The summed E-state index contributed by atoms with van der Waals surface area (Å²) in [4.78, 5) is 28.5. The van der Waals surface area contributed by atoms with E-state index in [1.165, 1.54) is 0 Å². The highest BCUT2D eigenvalue weighted by molar-refractivity contribution is 6.21. The lowest BCUT2D eigenvalue weighted by Gasteiger charge is -2.03. The molecule has 1 aliphatic heterocycles. The number of nitrogens with zero attached hydrogens (tertiary/aromatic N) is 3. The van der Waals surface area contributed by atoms with E-state index in [2.05, 4.69) is 25.3 Å². The predicted octanol–water partition coefficient (Wildman–Crippen LogP) is 4.95. The van der Waals surface area contributed by atoms with Crippen molar-refractivity contribution in [3.63, 3.8) is 0 Å². The van der Waals surface area contributed by atoms with Gasteiger partial charge in [-0.05, 0) is 30.7 Å². The Morgan fingerprint density at radius 1 is 1.21 bits per heavy atom. The fourth-order valence-electron chi connectivity index (χ4n) is 3.46. The highest BCUT2D eigenvalue weighted by atomic mass is 16.5. The molecule has 0 atom stereocenters. The van der Waals surface area contributed by atoms with Gasteiger partial charge in [0.25, 0.3) is 0 Å². The lowest BCUT2D eigenvalue weighted by molar-refractivity contribution is 0.0524. The first-order chi connectivity index (χ1) is 16.1. The van der Waals surface area contributed by atoms with Crippen molar-refractivity contribution in [2.75, 3.05) is 11.9 Å². The second-order valence-corrected chi connectivity index (χ2v) is 7.11. The molecule has 33 heavy (non-hydrogen) atoms. The standard InChI is InChI=1S/C24H19N5O4/c1-2-32-23(31)19-20(30)18(11-15-12-26-21-16(15)9-6-10-25-21)33-22(19)29-24-27-13-17(28-24)14-7-4-3-5-8-14/h3-13,30H,2H2,1H3,(H2,27,28,29). The molecule has 5 rings (SSSR count). The van der Waals surface area contributed by atoms with E-state index in [9.17, 15) is 9.90 Å². The summed E-state index contributed by atoms with van der Waals surface area (Å²) in [5, 5.41) is 13.7. The van der Waals surface area contributed by atoms with Gasteiger partial charge in [-0.25, -0.2) is 19.8 Å². The number of aromatic nitrogens is 3. The van der Waals surface area contributed by atoms with E-state index in [0.29, 0.717) is 17.3 Å². The van der Waals surface area contributed by atoms with Gasteiger partial charge in [-0.3, -0.25) is 5.32 Å². The van der Waals surface area contributed by atoms with Crippen LogP contribution in [0.2, 0.25) is 0 Å². The maximum atomic E-state index is 12.6. The Morgan fingerprint density at radius 2 is 2.06 bits per heavy atom. The molecule has 9 heteroatoms. The molecule has 0 saturated heterocycles. The van der Waals surface area contributed by atoms with E-state index in [0.717, 1.165) is 16.8 Å². The summed E-state index contributed by atoms with van der Waals surface area (Å²) in [6.45, 7) is 1.83. The van der Waals surface area contributed by atoms with Crippen LogP contribution < -0.4 is 5.32 Å². The minimum absolute atomic E-state index is 0.00751. The molecule has 0 aliphatic carbocycles. The van der Waals surface area contributed by atoms with Crippen molar-refractivity contribution >= 4 is 41.5 Å². The zero-order valence-electron chi connectivity index (χ0n) is 17.6. The Bertz CT molecular complexity index is 1390. The Morgan fingerprint density at radius 3 is 2.88 bits per heavy atom. The second kappa shape index (κ2) is 8.46. The van der Waals surface area contributed by atoms with E-state index in [1.807, 2.05) is 36.4 Å². The molecule has 9 nitrogen and oxygen atoms in total. The summed E-state index contributed by atoms with van der Waals surface area (Å²) in [5.41, 5.74) is 3.08. The molecule has 1 aliphatic rings. The lowest BCUT2D eigenvalue weighted by atomic mass is 10.1. The van der Waals surface area contributed by atoms with Crippen LogP contribution in [0.25, 0.3) is 22.9 Å². The zero-order valence-corrected chi connectivity index (χ0v) is 17.6. The number of pyridine rings is 1. The quantitative estimate of drug-likeness (QED) is 0.362. The molecule has 4 heterocycles. The molecule has 0 unspecified atom stereocenters. The minimum Gasteiger partial charge on any atom is -0.504 e. The van der Waals surface area contributed by atoms with E-state index in [4.69, 9.17) is 9.15 Å². The number of ether oxygens (including phenoxy) is 1. The number of nitrogens with one attached hydrogen (secondary N) is 2. The normalized spacial score (nSPS) is 13.3. The number of aromatic hydroxyl groups is 1. The van der Waals surface area contributed by atoms with E-state index < -0.39 is 5.97 Å². The number of carbonyl (C=O) groups excluding carboxylic acids is 1. The smallest absolute Gasteiger partial charge is 0.347 e. The third kappa shape index (κ3) is 3.87. The molecule has 0 fully saturated rings. The van der Waals surface area contributed by atoms with Crippen LogP contribution in [-0.2, 0) is 4.74 Å². The maximum Gasteiger partial charge on any atom is 0.347 e. The number of benzene rings is 1. The maximum absolute atomic E-state index is 12.6. The predicted molar refractivity (Wildman–Crippen MR) is 124 cm³/mol. The molecular weight excluding hydrogens is 422 g/mol. The van der Waals surface area contributed by atoms with Gasteiger partial charge < -0.3 is 19.2 Å². The average molecular weight is 441 g/mol. The van der Waals surface area contributed by atoms with Gasteiger partial charge in [0.05, 0.1) is 18.5 Å². The van der Waals surface area contributed by atoms with E-state index >= 15 is 0 Å². The Hall–Kier alpha value is -4.66. The van der Waals surface area contributed by atoms with Gasteiger partial charge in [-0.15, -0.1) is 0 Å². The number of allylic oxidation sites excluding steroid dienone is 1. The van der Waals surface area contributed by atoms with Crippen LogP contribution in [0.15, 0.2) is 64.3 Å². The van der Waals surface area contributed by atoms with Crippen molar-refractivity contribution in [1.82, 2.24) is 15.0 Å². The summed E-state index contributed by atoms with van der Waals surface area (Å²) >= 11 is 0. The van der Waals surface area contributed by atoms with E-state index in [1.54, 1.807) is 37.7 Å². The number of furan rings is 1. The van der Waals surface area contributed by atoms with Crippen LogP contribution in [0.4, 0.5) is 17.7 Å². The Kier molecular flexibility index (Phi) is 5.19. The van der Waals surface area contributed by atoms with Crippen LogP contribution in [0.3, 0.4) is 0 Å². The third-order valence-electron chi connectivity index (χ3n) is 4.99. The molecule has 3 aromatic heterocycles.